The Morgan fingerprint density at radius 3 is 2.38 bits per heavy atom. The molecule has 0 atom stereocenters. The maximum atomic E-state index is 13.6. The Balaban J connectivity index is 2.06. The second-order valence-electron chi connectivity index (χ2n) is 4.67. The average molecular weight is 288 g/mol. The molecule has 0 aliphatic carbocycles. The highest BCUT2D eigenvalue weighted by Gasteiger charge is 2.11. The number of carbonyl (C=O) groups excluding carboxylic acids is 1. The van der Waals surface area contributed by atoms with E-state index in [0.29, 0.717) is 11.3 Å². The van der Waals surface area contributed by atoms with Gasteiger partial charge >= 0.3 is 0 Å². The Morgan fingerprint density at radius 1 is 1.00 bits per heavy atom. The molecule has 0 N–H and O–H groups in total. The van der Waals surface area contributed by atoms with Crippen molar-refractivity contribution in [2.75, 3.05) is 14.2 Å². The van der Waals surface area contributed by atoms with Crippen LogP contribution in [-0.2, 0) is 17.6 Å². The molecule has 0 spiro atoms. The second-order valence-corrected chi connectivity index (χ2v) is 4.67. The highest BCUT2D eigenvalue weighted by Crippen LogP contribution is 2.20. The molecule has 0 saturated heterocycles. The molecule has 0 unspecified atom stereocenters. The number of ketones is 1. The van der Waals surface area contributed by atoms with Crippen LogP contribution in [0.4, 0.5) is 4.39 Å². The molecule has 0 heterocycles. The summed E-state index contributed by atoms with van der Waals surface area (Å²) in [6.45, 7) is 0. The molecule has 0 bridgehead atoms. The number of carbonyl (C=O) groups is 1. The molecule has 4 heteroatoms. The number of Topliss-reactive ketones (excluding diaryl/α,β-unsaturated/α-hetero) is 1. The Morgan fingerprint density at radius 2 is 1.71 bits per heavy atom. The van der Waals surface area contributed by atoms with E-state index >= 15 is 0 Å². The van der Waals surface area contributed by atoms with Crippen molar-refractivity contribution in [3.05, 3.63) is 59.4 Å². The fourth-order valence-corrected chi connectivity index (χ4v) is 2.17. The SMILES string of the molecule is COc1ccc(CC(=O)Cc2ccccc2OC)cc1F. The van der Waals surface area contributed by atoms with E-state index < -0.39 is 5.82 Å². The number of rotatable bonds is 6. The standard InChI is InChI=1S/C17H17FO3/c1-20-16-6-4-3-5-13(16)11-14(19)9-12-7-8-17(21-2)15(18)10-12/h3-8,10H,9,11H2,1-2H3. The van der Waals surface area contributed by atoms with Gasteiger partial charge in [0, 0.05) is 18.4 Å². The summed E-state index contributed by atoms with van der Waals surface area (Å²) >= 11 is 0. The maximum absolute atomic E-state index is 13.6. The number of para-hydroxylation sites is 1. The molecule has 0 amide bonds. The Hall–Kier alpha value is -2.36. The lowest BCUT2D eigenvalue weighted by atomic mass is 10.0. The van der Waals surface area contributed by atoms with E-state index in [1.807, 2.05) is 24.3 Å². The van der Waals surface area contributed by atoms with Crippen LogP contribution in [0.3, 0.4) is 0 Å². The quantitative estimate of drug-likeness (QED) is 0.819. The zero-order valence-electron chi connectivity index (χ0n) is 12.1. The minimum atomic E-state index is -0.458. The summed E-state index contributed by atoms with van der Waals surface area (Å²) in [5.74, 6) is 0.409. The van der Waals surface area contributed by atoms with Crippen LogP contribution in [-0.4, -0.2) is 20.0 Å². The van der Waals surface area contributed by atoms with Gasteiger partial charge in [-0.3, -0.25) is 4.79 Å². The lowest BCUT2D eigenvalue weighted by Crippen LogP contribution is -2.08. The van der Waals surface area contributed by atoms with Gasteiger partial charge in [0.1, 0.15) is 11.5 Å². The molecule has 0 aliphatic heterocycles. The van der Waals surface area contributed by atoms with Crippen molar-refractivity contribution in [1.29, 1.82) is 0 Å². The van der Waals surface area contributed by atoms with E-state index in [0.717, 1.165) is 5.56 Å². The first-order valence-electron chi connectivity index (χ1n) is 6.60. The molecule has 0 aromatic heterocycles. The zero-order valence-corrected chi connectivity index (χ0v) is 12.1. The van der Waals surface area contributed by atoms with Gasteiger partial charge in [-0.1, -0.05) is 24.3 Å². The van der Waals surface area contributed by atoms with Gasteiger partial charge in [0.25, 0.3) is 0 Å². The number of halogens is 1. The van der Waals surface area contributed by atoms with Crippen LogP contribution < -0.4 is 9.47 Å². The Labute approximate surface area is 123 Å². The maximum Gasteiger partial charge on any atom is 0.165 e. The molecule has 0 saturated carbocycles. The molecule has 0 fully saturated rings. The Kier molecular flexibility index (Phi) is 4.93. The van der Waals surface area contributed by atoms with Crippen molar-refractivity contribution in [2.45, 2.75) is 12.8 Å². The highest BCUT2D eigenvalue weighted by molar-refractivity contribution is 5.83. The van der Waals surface area contributed by atoms with Crippen LogP contribution in [0.1, 0.15) is 11.1 Å². The van der Waals surface area contributed by atoms with Crippen LogP contribution in [0.15, 0.2) is 42.5 Å². The van der Waals surface area contributed by atoms with Gasteiger partial charge in [-0.25, -0.2) is 4.39 Å². The summed E-state index contributed by atoms with van der Waals surface area (Å²) in [6.07, 6.45) is 0.441. The molecule has 110 valence electrons. The van der Waals surface area contributed by atoms with Crippen molar-refractivity contribution < 1.29 is 18.7 Å². The Bertz CT molecular complexity index is 638. The van der Waals surface area contributed by atoms with E-state index in [9.17, 15) is 9.18 Å². The van der Waals surface area contributed by atoms with Crippen molar-refractivity contribution in [3.8, 4) is 11.5 Å². The first-order chi connectivity index (χ1) is 10.1. The molecular weight excluding hydrogens is 271 g/mol. The molecule has 21 heavy (non-hydrogen) atoms. The topological polar surface area (TPSA) is 35.5 Å². The van der Waals surface area contributed by atoms with E-state index in [-0.39, 0.29) is 24.4 Å². The summed E-state index contributed by atoms with van der Waals surface area (Å²) in [4.78, 5) is 12.1. The number of benzene rings is 2. The largest absolute Gasteiger partial charge is 0.496 e. The number of methoxy groups -OCH3 is 2. The predicted molar refractivity (Wildman–Crippen MR) is 78.4 cm³/mol. The number of hydrogen-bond acceptors (Lipinski definition) is 3. The van der Waals surface area contributed by atoms with E-state index in [2.05, 4.69) is 0 Å². The summed E-state index contributed by atoms with van der Waals surface area (Å²) in [7, 11) is 2.98. The van der Waals surface area contributed by atoms with Crippen LogP contribution >= 0.6 is 0 Å². The lowest BCUT2D eigenvalue weighted by molar-refractivity contribution is -0.117. The molecule has 2 aromatic carbocycles. The van der Waals surface area contributed by atoms with Crippen molar-refractivity contribution in [3.63, 3.8) is 0 Å². The monoisotopic (exact) mass is 288 g/mol. The predicted octanol–water partition coefficient (Wildman–Crippen LogP) is 3.20. The number of hydrogen-bond donors (Lipinski definition) is 0. The molecule has 0 radical (unpaired) electrons. The third-order valence-electron chi connectivity index (χ3n) is 3.20. The molecule has 3 nitrogen and oxygen atoms in total. The first kappa shape index (κ1) is 15.0. The zero-order chi connectivity index (χ0) is 15.2. The van der Waals surface area contributed by atoms with Crippen LogP contribution in [0.2, 0.25) is 0 Å². The summed E-state index contributed by atoms with van der Waals surface area (Å²) in [5.41, 5.74) is 1.46. The van der Waals surface area contributed by atoms with Crippen LogP contribution in [0.25, 0.3) is 0 Å². The van der Waals surface area contributed by atoms with Gasteiger partial charge < -0.3 is 9.47 Å². The second kappa shape index (κ2) is 6.88. The average Bonchev–Trinajstić information content (AvgIpc) is 2.48. The molecule has 2 aromatic rings. The summed E-state index contributed by atoms with van der Waals surface area (Å²) in [5, 5.41) is 0. The fourth-order valence-electron chi connectivity index (χ4n) is 2.17. The molecular formula is C17H17FO3. The molecule has 0 aliphatic rings. The normalized spacial score (nSPS) is 10.2. The van der Waals surface area contributed by atoms with Gasteiger partial charge in [0.05, 0.1) is 14.2 Å². The summed E-state index contributed by atoms with van der Waals surface area (Å²) < 4.78 is 23.7. The highest BCUT2D eigenvalue weighted by atomic mass is 19.1. The van der Waals surface area contributed by atoms with Gasteiger partial charge in [-0.15, -0.1) is 0 Å². The van der Waals surface area contributed by atoms with Gasteiger partial charge in [-0.05, 0) is 23.8 Å². The first-order valence-corrected chi connectivity index (χ1v) is 6.60. The fraction of sp³-hybridized carbons (Fsp3) is 0.235. The van der Waals surface area contributed by atoms with E-state index in [1.54, 1.807) is 13.2 Å². The van der Waals surface area contributed by atoms with Crippen molar-refractivity contribution >= 4 is 5.78 Å². The van der Waals surface area contributed by atoms with Crippen molar-refractivity contribution in [1.82, 2.24) is 0 Å². The lowest BCUT2D eigenvalue weighted by Gasteiger charge is -2.08. The van der Waals surface area contributed by atoms with Gasteiger partial charge in [-0.2, -0.15) is 0 Å². The van der Waals surface area contributed by atoms with Gasteiger partial charge in [0.15, 0.2) is 11.6 Å². The van der Waals surface area contributed by atoms with Crippen LogP contribution in [0, 0.1) is 5.82 Å². The smallest absolute Gasteiger partial charge is 0.165 e. The van der Waals surface area contributed by atoms with E-state index in [1.165, 1.54) is 19.2 Å². The van der Waals surface area contributed by atoms with Gasteiger partial charge in [0.2, 0.25) is 0 Å². The minimum Gasteiger partial charge on any atom is -0.496 e. The third-order valence-corrected chi connectivity index (χ3v) is 3.20. The minimum absolute atomic E-state index is 0.00377. The summed E-state index contributed by atoms with van der Waals surface area (Å²) in [6, 6.07) is 11.9. The van der Waals surface area contributed by atoms with E-state index in [4.69, 9.17) is 9.47 Å². The molecule has 2 rings (SSSR count). The third kappa shape index (κ3) is 3.81. The number of ether oxygens (including phenoxy) is 2. The van der Waals surface area contributed by atoms with Crippen LogP contribution in [0.5, 0.6) is 11.5 Å². The van der Waals surface area contributed by atoms with Crippen molar-refractivity contribution in [2.24, 2.45) is 0 Å².